The number of fused-ring (bicyclic) bond motifs is 7. The van der Waals surface area contributed by atoms with E-state index in [9.17, 15) is 0 Å². The Morgan fingerprint density at radius 1 is 0.400 bits per heavy atom. The highest BCUT2D eigenvalue weighted by molar-refractivity contribution is 7.32. The lowest BCUT2D eigenvalue weighted by molar-refractivity contribution is 0.191. The standard InChI is InChI=1S/C53H64O10P2/c1-50(2,3)40-25-30(54-13)21-36-37-22-31(55-14)26-41(51(4,5)6)47(37)61-64(60-46(36)40)58-44-29-45(35-20-18-17-19-34(35)44)59-65-62-48-38(23-32(56-15)27-42(48)52(7,8)9)39-24-33(57-16)28-43(49(39)63-65)53(10,11)12/h17-28,44-45H,29H2,1-16H3/t44-,45-/m0/s1. The van der Waals surface area contributed by atoms with Gasteiger partial charge in [0, 0.05) is 50.2 Å². The molecule has 1 aliphatic rings. The van der Waals surface area contributed by atoms with Crippen LogP contribution in [0.5, 0.6) is 23.0 Å². The molecule has 2 aromatic heterocycles. The molecule has 7 aromatic rings. The van der Waals surface area contributed by atoms with E-state index in [1.54, 1.807) is 28.4 Å². The van der Waals surface area contributed by atoms with Crippen LogP contribution >= 0.6 is 16.5 Å². The lowest BCUT2D eigenvalue weighted by Crippen LogP contribution is -2.12. The van der Waals surface area contributed by atoms with Crippen LogP contribution in [0.4, 0.5) is 0 Å². The normalized spacial score (nSPS) is 15.8. The maximum atomic E-state index is 7.13. The molecular formula is C53H64O10P2. The van der Waals surface area contributed by atoms with Gasteiger partial charge in [0.1, 0.15) is 57.5 Å². The van der Waals surface area contributed by atoms with Crippen molar-refractivity contribution in [3.05, 3.63) is 106 Å². The van der Waals surface area contributed by atoms with Crippen molar-refractivity contribution in [3.8, 4) is 23.0 Å². The van der Waals surface area contributed by atoms with Gasteiger partial charge in [0.2, 0.25) is 0 Å². The fourth-order valence-corrected chi connectivity index (χ4v) is 11.1. The quantitative estimate of drug-likeness (QED) is 0.146. The van der Waals surface area contributed by atoms with Crippen molar-refractivity contribution >= 4 is 60.4 Å². The monoisotopic (exact) mass is 922 g/mol. The first-order valence-electron chi connectivity index (χ1n) is 22.2. The molecule has 0 bridgehead atoms. The van der Waals surface area contributed by atoms with Gasteiger partial charge in [-0.1, -0.05) is 107 Å². The van der Waals surface area contributed by atoms with Crippen molar-refractivity contribution in [1.82, 2.24) is 0 Å². The molecule has 0 N–H and O–H groups in total. The molecular weight excluding hydrogens is 859 g/mol. The molecule has 0 unspecified atom stereocenters. The second-order valence-electron chi connectivity index (χ2n) is 21.1. The first-order valence-corrected chi connectivity index (χ1v) is 24.4. The minimum atomic E-state index is -2.04. The summed E-state index contributed by atoms with van der Waals surface area (Å²) < 4.78 is 66.0. The molecule has 2 atom stereocenters. The molecule has 0 radical (unpaired) electrons. The fraction of sp³-hybridized carbons (Fsp3) is 0.434. The maximum absolute atomic E-state index is 7.13. The average Bonchev–Trinajstić information content (AvgIpc) is 3.38. The molecule has 0 fully saturated rings. The van der Waals surface area contributed by atoms with E-state index in [1.807, 2.05) is 60.7 Å². The van der Waals surface area contributed by atoms with Crippen molar-refractivity contribution in [3.63, 3.8) is 0 Å². The van der Waals surface area contributed by atoms with Gasteiger partial charge >= 0.3 is 16.5 Å². The molecule has 1 aliphatic carbocycles. The number of rotatable bonds is 8. The molecule has 5 aromatic carbocycles. The van der Waals surface area contributed by atoms with Crippen molar-refractivity contribution in [2.24, 2.45) is 0 Å². The van der Waals surface area contributed by atoms with E-state index in [0.29, 0.717) is 28.8 Å². The SMILES string of the molecule is COc1cc(C(C)(C)C)c2op(O[C@H]3C[C@H](Op4oc5c(C(C)(C)C)cc(OC)cc5c5cc(OC)cc(C(C)(C)C)c5o4)c4ccccc43)oc3c(C(C)(C)C)cc(OC)cc3c2c1. The zero-order valence-corrected chi connectivity index (χ0v) is 42.6. The Morgan fingerprint density at radius 3 is 0.862 bits per heavy atom. The number of hydrogen-bond donors (Lipinski definition) is 0. The summed E-state index contributed by atoms with van der Waals surface area (Å²) in [6, 6.07) is 24.5. The van der Waals surface area contributed by atoms with Crippen LogP contribution in [0.25, 0.3) is 43.9 Å². The van der Waals surface area contributed by atoms with Crippen molar-refractivity contribution in [2.45, 2.75) is 123 Å². The Morgan fingerprint density at radius 2 is 0.646 bits per heavy atom. The van der Waals surface area contributed by atoms with Gasteiger partial charge in [-0.25, -0.2) is 0 Å². The largest absolute Gasteiger partial charge is 0.497 e. The fourth-order valence-electron chi connectivity index (χ4n) is 8.68. The lowest BCUT2D eigenvalue weighted by atomic mass is 9.84. The number of hydrogen-bond acceptors (Lipinski definition) is 10. The van der Waals surface area contributed by atoms with Gasteiger partial charge in [0.15, 0.2) is 0 Å². The van der Waals surface area contributed by atoms with Gasteiger partial charge in [0.25, 0.3) is 0 Å². The molecule has 2 heterocycles. The van der Waals surface area contributed by atoms with Crippen molar-refractivity contribution in [2.75, 3.05) is 28.4 Å². The molecule has 0 spiro atoms. The van der Waals surface area contributed by atoms with E-state index in [4.69, 9.17) is 44.8 Å². The summed E-state index contributed by atoms with van der Waals surface area (Å²) in [6.07, 6.45) is -0.446. The Bertz CT molecular complexity index is 2650. The second kappa shape index (κ2) is 17.0. The molecule has 0 saturated carbocycles. The summed E-state index contributed by atoms with van der Waals surface area (Å²) in [5.74, 6) is 2.88. The Kier molecular flexibility index (Phi) is 12.2. The predicted octanol–water partition coefficient (Wildman–Crippen LogP) is 15.9. The van der Waals surface area contributed by atoms with Crippen molar-refractivity contribution < 1.29 is 44.8 Å². The average molecular weight is 923 g/mol. The van der Waals surface area contributed by atoms with Gasteiger partial charge in [0.05, 0.1) is 28.4 Å². The smallest absolute Gasteiger partial charge is 0.388 e. The molecule has 12 heteroatoms. The molecule has 8 rings (SSSR count). The molecule has 65 heavy (non-hydrogen) atoms. The van der Waals surface area contributed by atoms with E-state index < -0.39 is 28.7 Å². The minimum absolute atomic E-state index is 0.317. The Labute approximate surface area is 384 Å². The Hall–Kier alpha value is -4.98. The highest BCUT2D eigenvalue weighted by atomic mass is 31.1. The topological polar surface area (TPSA) is 108 Å². The van der Waals surface area contributed by atoms with Crippen LogP contribution in [0.15, 0.2) is 89.6 Å². The zero-order chi connectivity index (χ0) is 47.0. The minimum Gasteiger partial charge on any atom is -0.497 e. The third-order valence-corrected chi connectivity index (χ3v) is 14.4. The van der Waals surface area contributed by atoms with Crippen LogP contribution in [0, 0.1) is 0 Å². The first kappa shape index (κ1) is 46.5. The molecule has 0 aliphatic heterocycles. The first-order chi connectivity index (χ1) is 30.5. The highest BCUT2D eigenvalue weighted by Gasteiger charge is 2.37. The van der Waals surface area contributed by atoms with Gasteiger partial charge in [-0.2, -0.15) is 0 Å². The van der Waals surface area contributed by atoms with Crippen LogP contribution in [0.3, 0.4) is 0 Å². The van der Waals surface area contributed by atoms with Crippen LogP contribution in [-0.4, -0.2) is 28.4 Å². The van der Waals surface area contributed by atoms with Crippen LogP contribution < -0.4 is 28.0 Å². The summed E-state index contributed by atoms with van der Waals surface area (Å²) in [6.45, 7) is 26.0. The molecule has 0 amide bonds. The van der Waals surface area contributed by atoms with E-state index in [2.05, 4.69) is 95.2 Å². The summed E-state index contributed by atoms with van der Waals surface area (Å²) in [5.41, 5.74) is 7.34. The number of ether oxygens (including phenoxy) is 4. The molecule has 0 saturated heterocycles. The third kappa shape index (κ3) is 9.00. The number of methoxy groups -OCH3 is 4. The van der Waals surface area contributed by atoms with E-state index in [0.717, 1.165) is 77.9 Å². The summed E-state index contributed by atoms with van der Waals surface area (Å²) in [5, 5.41) is 3.39. The summed E-state index contributed by atoms with van der Waals surface area (Å²) in [4.78, 5) is 0. The lowest BCUT2D eigenvalue weighted by Gasteiger charge is -2.21. The Balaban J connectivity index is 1.33. The van der Waals surface area contributed by atoms with Crippen LogP contribution in [0.2, 0.25) is 0 Å². The van der Waals surface area contributed by atoms with Crippen molar-refractivity contribution in [1.29, 1.82) is 0 Å². The van der Waals surface area contributed by atoms with Gasteiger partial charge in [-0.15, -0.1) is 0 Å². The summed E-state index contributed by atoms with van der Waals surface area (Å²) in [7, 11) is 2.68. The maximum Gasteiger partial charge on any atom is 0.388 e. The zero-order valence-electron chi connectivity index (χ0n) is 40.8. The van der Waals surface area contributed by atoms with E-state index in [-0.39, 0.29) is 21.7 Å². The molecule has 10 nitrogen and oxygen atoms in total. The van der Waals surface area contributed by atoms with E-state index in [1.165, 1.54) is 0 Å². The second-order valence-corrected chi connectivity index (χ2v) is 23.1. The number of benzene rings is 5. The highest BCUT2D eigenvalue weighted by Crippen LogP contribution is 2.52. The van der Waals surface area contributed by atoms with Gasteiger partial charge < -0.3 is 35.7 Å². The predicted molar refractivity (Wildman–Crippen MR) is 263 cm³/mol. The van der Waals surface area contributed by atoms with Crippen LogP contribution in [0.1, 0.15) is 135 Å². The van der Waals surface area contributed by atoms with Crippen LogP contribution in [-0.2, 0) is 21.7 Å². The van der Waals surface area contributed by atoms with Gasteiger partial charge in [-0.3, -0.25) is 9.05 Å². The third-order valence-electron chi connectivity index (χ3n) is 12.2. The van der Waals surface area contributed by atoms with E-state index >= 15 is 0 Å². The van der Waals surface area contributed by atoms with Gasteiger partial charge in [-0.05, 0) is 81.3 Å². The molecule has 346 valence electrons. The summed E-state index contributed by atoms with van der Waals surface area (Å²) >= 11 is 0.